The van der Waals surface area contributed by atoms with E-state index in [1.807, 2.05) is 19.1 Å². The van der Waals surface area contributed by atoms with Crippen molar-refractivity contribution in [3.63, 3.8) is 0 Å². The SMILES string of the molecule is CCOCC(O)c1cccc(N)c1. The number of anilines is 1. The van der Waals surface area contributed by atoms with Gasteiger partial charge in [-0.1, -0.05) is 12.1 Å². The lowest BCUT2D eigenvalue weighted by atomic mass is 10.1. The van der Waals surface area contributed by atoms with E-state index in [-0.39, 0.29) is 0 Å². The molecule has 3 N–H and O–H groups in total. The van der Waals surface area contributed by atoms with Gasteiger partial charge in [-0.15, -0.1) is 0 Å². The smallest absolute Gasteiger partial charge is 0.102 e. The lowest BCUT2D eigenvalue weighted by molar-refractivity contribution is 0.0420. The molecule has 0 heterocycles. The minimum absolute atomic E-state index is 0.319. The summed E-state index contributed by atoms with van der Waals surface area (Å²) < 4.78 is 5.10. The van der Waals surface area contributed by atoms with Gasteiger partial charge in [-0.25, -0.2) is 0 Å². The first kappa shape index (κ1) is 10.0. The van der Waals surface area contributed by atoms with Crippen molar-refractivity contribution in [3.8, 4) is 0 Å². The van der Waals surface area contributed by atoms with Crippen molar-refractivity contribution >= 4 is 5.69 Å². The Morgan fingerprint density at radius 2 is 2.31 bits per heavy atom. The Labute approximate surface area is 78.1 Å². The molecule has 0 bridgehead atoms. The van der Waals surface area contributed by atoms with Crippen LogP contribution in [-0.4, -0.2) is 18.3 Å². The molecule has 0 saturated carbocycles. The molecule has 13 heavy (non-hydrogen) atoms. The second-order valence-electron chi connectivity index (χ2n) is 2.85. The van der Waals surface area contributed by atoms with Crippen molar-refractivity contribution in [2.45, 2.75) is 13.0 Å². The number of nitrogens with two attached hydrogens (primary N) is 1. The fourth-order valence-corrected chi connectivity index (χ4v) is 1.09. The first-order valence-corrected chi connectivity index (χ1v) is 4.35. The first-order valence-electron chi connectivity index (χ1n) is 4.35. The third kappa shape index (κ3) is 3.05. The highest BCUT2D eigenvalue weighted by atomic mass is 16.5. The molecule has 0 aliphatic heterocycles. The molecule has 1 rings (SSSR count). The molecule has 1 aromatic rings. The lowest BCUT2D eigenvalue weighted by Crippen LogP contribution is -2.07. The Morgan fingerprint density at radius 3 is 2.92 bits per heavy atom. The summed E-state index contributed by atoms with van der Waals surface area (Å²) in [5, 5.41) is 9.60. The molecule has 0 aliphatic rings. The fourth-order valence-electron chi connectivity index (χ4n) is 1.09. The molecule has 0 aliphatic carbocycles. The summed E-state index contributed by atoms with van der Waals surface area (Å²) in [6.45, 7) is 2.82. The molecule has 0 saturated heterocycles. The van der Waals surface area contributed by atoms with Crippen molar-refractivity contribution in [2.75, 3.05) is 18.9 Å². The van der Waals surface area contributed by atoms with Crippen molar-refractivity contribution < 1.29 is 9.84 Å². The van der Waals surface area contributed by atoms with Gasteiger partial charge in [-0.05, 0) is 24.6 Å². The summed E-state index contributed by atoms with van der Waals surface area (Å²) in [6.07, 6.45) is -0.580. The summed E-state index contributed by atoms with van der Waals surface area (Å²) >= 11 is 0. The van der Waals surface area contributed by atoms with Crippen LogP contribution in [-0.2, 0) is 4.74 Å². The Bertz CT molecular complexity index is 263. The van der Waals surface area contributed by atoms with E-state index in [1.165, 1.54) is 0 Å². The van der Waals surface area contributed by atoms with Crippen LogP contribution >= 0.6 is 0 Å². The topological polar surface area (TPSA) is 55.5 Å². The van der Waals surface area contributed by atoms with E-state index in [4.69, 9.17) is 10.5 Å². The zero-order chi connectivity index (χ0) is 9.68. The molecule has 1 unspecified atom stereocenters. The summed E-state index contributed by atoms with van der Waals surface area (Å²) in [5.41, 5.74) is 7.03. The molecule has 0 fully saturated rings. The summed E-state index contributed by atoms with van der Waals surface area (Å²) in [5.74, 6) is 0. The van der Waals surface area contributed by atoms with Crippen LogP contribution in [0.2, 0.25) is 0 Å². The Hall–Kier alpha value is -1.06. The zero-order valence-corrected chi connectivity index (χ0v) is 7.73. The van der Waals surface area contributed by atoms with Crippen LogP contribution in [0.25, 0.3) is 0 Å². The highest BCUT2D eigenvalue weighted by molar-refractivity contribution is 5.41. The van der Waals surface area contributed by atoms with Crippen molar-refractivity contribution in [2.24, 2.45) is 0 Å². The van der Waals surface area contributed by atoms with Gasteiger partial charge in [0.2, 0.25) is 0 Å². The predicted molar refractivity (Wildman–Crippen MR) is 52.3 cm³/mol. The third-order valence-electron chi connectivity index (χ3n) is 1.78. The number of nitrogen functional groups attached to an aromatic ring is 1. The van der Waals surface area contributed by atoms with E-state index in [2.05, 4.69) is 0 Å². The van der Waals surface area contributed by atoms with E-state index >= 15 is 0 Å². The van der Waals surface area contributed by atoms with Crippen LogP contribution in [0.4, 0.5) is 5.69 Å². The normalized spacial score (nSPS) is 12.8. The molecule has 0 spiro atoms. The molecule has 3 heteroatoms. The van der Waals surface area contributed by atoms with E-state index in [1.54, 1.807) is 12.1 Å². The van der Waals surface area contributed by atoms with Crippen molar-refractivity contribution in [1.29, 1.82) is 0 Å². The second-order valence-corrected chi connectivity index (χ2v) is 2.85. The molecule has 1 atom stereocenters. The van der Waals surface area contributed by atoms with Gasteiger partial charge in [0.25, 0.3) is 0 Å². The summed E-state index contributed by atoms with van der Waals surface area (Å²) in [6, 6.07) is 7.19. The molecule has 72 valence electrons. The van der Waals surface area contributed by atoms with Crippen LogP contribution in [0.1, 0.15) is 18.6 Å². The summed E-state index contributed by atoms with van der Waals surface area (Å²) in [7, 11) is 0. The molecule has 3 nitrogen and oxygen atoms in total. The minimum atomic E-state index is -0.580. The van der Waals surface area contributed by atoms with Crippen LogP contribution in [0.5, 0.6) is 0 Å². The van der Waals surface area contributed by atoms with Crippen molar-refractivity contribution in [3.05, 3.63) is 29.8 Å². The van der Waals surface area contributed by atoms with Crippen molar-refractivity contribution in [1.82, 2.24) is 0 Å². The maximum Gasteiger partial charge on any atom is 0.102 e. The fraction of sp³-hybridized carbons (Fsp3) is 0.400. The molecule has 0 amide bonds. The highest BCUT2D eigenvalue weighted by Gasteiger charge is 2.06. The van der Waals surface area contributed by atoms with Crippen LogP contribution < -0.4 is 5.73 Å². The maximum absolute atomic E-state index is 9.60. The number of ether oxygens (including phenoxy) is 1. The van der Waals surface area contributed by atoms with Crippen LogP contribution in [0.15, 0.2) is 24.3 Å². The van der Waals surface area contributed by atoms with Gasteiger partial charge in [0.15, 0.2) is 0 Å². The monoisotopic (exact) mass is 181 g/mol. The Balaban J connectivity index is 2.60. The van der Waals surface area contributed by atoms with E-state index in [9.17, 15) is 5.11 Å². The van der Waals surface area contributed by atoms with Gasteiger partial charge in [-0.2, -0.15) is 0 Å². The van der Waals surface area contributed by atoms with Gasteiger partial charge >= 0.3 is 0 Å². The first-order chi connectivity index (χ1) is 6.24. The Kier molecular flexibility index (Phi) is 3.73. The van der Waals surface area contributed by atoms with Crippen LogP contribution in [0.3, 0.4) is 0 Å². The second kappa shape index (κ2) is 4.84. The molecular weight excluding hydrogens is 166 g/mol. The van der Waals surface area contributed by atoms with Gasteiger partial charge in [0, 0.05) is 12.3 Å². The maximum atomic E-state index is 9.60. The average Bonchev–Trinajstić information content (AvgIpc) is 2.14. The van der Waals surface area contributed by atoms with Gasteiger partial charge in [-0.3, -0.25) is 0 Å². The lowest BCUT2D eigenvalue weighted by Gasteiger charge is -2.10. The Morgan fingerprint density at radius 1 is 1.54 bits per heavy atom. The highest BCUT2D eigenvalue weighted by Crippen LogP contribution is 2.15. The van der Waals surface area contributed by atoms with E-state index in [0.29, 0.717) is 18.9 Å². The van der Waals surface area contributed by atoms with E-state index < -0.39 is 6.10 Å². The average molecular weight is 181 g/mol. The van der Waals surface area contributed by atoms with E-state index in [0.717, 1.165) is 5.56 Å². The summed E-state index contributed by atoms with van der Waals surface area (Å²) in [4.78, 5) is 0. The minimum Gasteiger partial charge on any atom is -0.399 e. The molecule has 0 radical (unpaired) electrons. The molecule has 1 aromatic carbocycles. The standard InChI is InChI=1S/C10H15NO2/c1-2-13-7-10(12)8-4-3-5-9(11)6-8/h3-6,10,12H,2,7,11H2,1H3. The number of hydrogen-bond donors (Lipinski definition) is 2. The zero-order valence-electron chi connectivity index (χ0n) is 7.73. The molecule has 0 aromatic heterocycles. The number of hydrogen-bond acceptors (Lipinski definition) is 3. The largest absolute Gasteiger partial charge is 0.399 e. The van der Waals surface area contributed by atoms with Gasteiger partial charge < -0.3 is 15.6 Å². The van der Waals surface area contributed by atoms with Gasteiger partial charge in [0.1, 0.15) is 6.10 Å². The number of benzene rings is 1. The van der Waals surface area contributed by atoms with Gasteiger partial charge in [0.05, 0.1) is 6.61 Å². The number of rotatable bonds is 4. The number of aliphatic hydroxyl groups excluding tert-OH is 1. The predicted octanol–water partition coefficient (Wildman–Crippen LogP) is 1.34. The quantitative estimate of drug-likeness (QED) is 0.689. The van der Waals surface area contributed by atoms with Crippen LogP contribution in [0, 0.1) is 0 Å². The third-order valence-corrected chi connectivity index (χ3v) is 1.78. The number of aliphatic hydroxyl groups is 1. The molecular formula is C10H15NO2.